The van der Waals surface area contributed by atoms with Crippen molar-refractivity contribution in [1.82, 2.24) is 0 Å². The van der Waals surface area contributed by atoms with Crippen molar-refractivity contribution in [2.24, 2.45) is 0 Å². The lowest BCUT2D eigenvalue weighted by molar-refractivity contribution is 0.164. The molecule has 0 saturated heterocycles. The van der Waals surface area contributed by atoms with Crippen LogP contribution in [0.25, 0.3) is 0 Å². The maximum atomic E-state index is 8.87. The third-order valence-electron chi connectivity index (χ3n) is 2.29. The van der Waals surface area contributed by atoms with E-state index in [1.807, 2.05) is 12.1 Å². The van der Waals surface area contributed by atoms with Gasteiger partial charge in [0.15, 0.2) is 11.5 Å². The monoisotopic (exact) mass is 210 g/mol. The number of hydrogen-bond donors (Lipinski definition) is 1. The van der Waals surface area contributed by atoms with Crippen LogP contribution in [0, 0.1) is 0 Å². The molecule has 15 heavy (non-hydrogen) atoms. The zero-order chi connectivity index (χ0) is 10.7. The van der Waals surface area contributed by atoms with Gasteiger partial charge in [0.05, 0.1) is 7.11 Å². The molecule has 82 valence electrons. The van der Waals surface area contributed by atoms with Gasteiger partial charge in [0.2, 0.25) is 5.75 Å². The first-order chi connectivity index (χ1) is 7.35. The fraction of sp³-hybridized carbons (Fsp3) is 0.455. The van der Waals surface area contributed by atoms with E-state index < -0.39 is 0 Å². The number of methoxy groups -OCH3 is 1. The molecule has 0 fully saturated rings. The second-order valence-corrected chi connectivity index (χ2v) is 3.30. The largest absolute Gasteiger partial charge is 0.493 e. The van der Waals surface area contributed by atoms with E-state index in [0.29, 0.717) is 36.9 Å². The van der Waals surface area contributed by atoms with Gasteiger partial charge in [-0.15, -0.1) is 0 Å². The van der Waals surface area contributed by atoms with Gasteiger partial charge in [-0.05, 0) is 24.1 Å². The summed E-state index contributed by atoms with van der Waals surface area (Å²) in [5, 5.41) is 8.87. The highest BCUT2D eigenvalue weighted by Gasteiger charge is 2.17. The van der Waals surface area contributed by atoms with Gasteiger partial charge < -0.3 is 19.3 Å². The zero-order valence-corrected chi connectivity index (χ0v) is 8.66. The van der Waals surface area contributed by atoms with Gasteiger partial charge in [0.1, 0.15) is 13.2 Å². The molecule has 1 N–H and O–H groups in total. The standard InChI is InChI=1S/C11H14O4/c1-13-9-6-8(2-3-12)7-10-11(9)15-5-4-14-10/h6-7,12H,2-5H2,1H3. The Balaban J connectivity index is 2.38. The first-order valence-corrected chi connectivity index (χ1v) is 4.92. The third kappa shape index (κ3) is 1.99. The van der Waals surface area contributed by atoms with Crippen LogP contribution in [0.4, 0.5) is 0 Å². The van der Waals surface area contributed by atoms with E-state index >= 15 is 0 Å². The second kappa shape index (κ2) is 4.40. The fourth-order valence-electron chi connectivity index (χ4n) is 1.60. The van der Waals surface area contributed by atoms with Crippen molar-refractivity contribution in [3.05, 3.63) is 17.7 Å². The smallest absolute Gasteiger partial charge is 0.203 e. The molecule has 1 aromatic rings. The van der Waals surface area contributed by atoms with Crippen LogP contribution in [0.2, 0.25) is 0 Å². The summed E-state index contributed by atoms with van der Waals surface area (Å²) in [5.41, 5.74) is 0.985. The molecule has 0 aliphatic carbocycles. The van der Waals surface area contributed by atoms with E-state index in [0.717, 1.165) is 5.56 Å². The Morgan fingerprint density at radius 3 is 2.87 bits per heavy atom. The summed E-state index contributed by atoms with van der Waals surface area (Å²) in [6, 6.07) is 3.75. The molecule has 0 bridgehead atoms. The molecule has 0 unspecified atom stereocenters. The van der Waals surface area contributed by atoms with Crippen LogP contribution in [-0.4, -0.2) is 32.0 Å². The molecule has 0 saturated carbocycles. The molecule has 1 aliphatic heterocycles. The van der Waals surface area contributed by atoms with E-state index in [-0.39, 0.29) is 6.61 Å². The van der Waals surface area contributed by atoms with Crippen molar-refractivity contribution in [2.45, 2.75) is 6.42 Å². The number of benzene rings is 1. The maximum Gasteiger partial charge on any atom is 0.203 e. The molecule has 0 aromatic heterocycles. The van der Waals surface area contributed by atoms with Gasteiger partial charge in [-0.1, -0.05) is 0 Å². The number of rotatable bonds is 3. The van der Waals surface area contributed by atoms with Crippen molar-refractivity contribution in [1.29, 1.82) is 0 Å². The van der Waals surface area contributed by atoms with Gasteiger partial charge in [-0.3, -0.25) is 0 Å². The minimum atomic E-state index is 0.114. The van der Waals surface area contributed by atoms with E-state index in [1.165, 1.54) is 0 Å². The van der Waals surface area contributed by atoms with Crippen molar-refractivity contribution in [3.63, 3.8) is 0 Å². The minimum absolute atomic E-state index is 0.114. The minimum Gasteiger partial charge on any atom is -0.493 e. The highest BCUT2D eigenvalue weighted by atomic mass is 16.6. The fourth-order valence-corrected chi connectivity index (χ4v) is 1.60. The molecular formula is C11H14O4. The van der Waals surface area contributed by atoms with Gasteiger partial charge in [-0.25, -0.2) is 0 Å². The summed E-state index contributed by atoms with van der Waals surface area (Å²) in [5.74, 6) is 2.02. The summed E-state index contributed by atoms with van der Waals surface area (Å²) in [6.07, 6.45) is 0.590. The van der Waals surface area contributed by atoms with Crippen molar-refractivity contribution >= 4 is 0 Å². The highest BCUT2D eigenvalue weighted by molar-refractivity contribution is 5.54. The van der Waals surface area contributed by atoms with Crippen molar-refractivity contribution < 1.29 is 19.3 Å². The summed E-state index contributed by atoms with van der Waals surface area (Å²) >= 11 is 0. The number of aliphatic hydroxyl groups excluding tert-OH is 1. The second-order valence-electron chi connectivity index (χ2n) is 3.30. The molecular weight excluding hydrogens is 196 g/mol. The summed E-state index contributed by atoms with van der Waals surface area (Å²) in [7, 11) is 1.59. The Morgan fingerprint density at radius 2 is 2.13 bits per heavy atom. The lowest BCUT2D eigenvalue weighted by atomic mass is 10.1. The molecule has 0 spiro atoms. The average molecular weight is 210 g/mol. The van der Waals surface area contributed by atoms with Crippen LogP contribution < -0.4 is 14.2 Å². The predicted octanol–water partition coefficient (Wildman–Crippen LogP) is 1.00. The number of ether oxygens (including phenoxy) is 3. The van der Waals surface area contributed by atoms with Crippen LogP contribution in [0.15, 0.2) is 12.1 Å². The molecule has 2 rings (SSSR count). The van der Waals surface area contributed by atoms with Crippen molar-refractivity contribution in [2.75, 3.05) is 26.9 Å². The number of fused-ring (bicyclic) bond motifs is 1. The van der Waals surface area contributed by atoms with Crippen LogP contribution >= 0.6 is 0 Å². The molecule has 0 radical (unpaired) electrons. The van der Waals surface area contributed by atoms with Crippen LogP contribution in [0.3, 0.4) is 0 Å². The Bertz CT molecular complexity index is 331. The Hall–Kier alpha value is -1.42. The molecule has 1 heterocycles. The van der Waals surface area contributed by atoms with Crippen molar-refractivity contribution in [3.8, 4) is 17.2 Å². The van der Waals surface area contributed by atoms with Crippen LogP contribution in [0.5, 0.6) is 17.2 Å². The Labute approximate surface area is 88.4 Å². The highest BCUT2D eigenvalue weighted by Crippen LogP contribution is 2.40. The molecule has 0 atom stereocenters. The summed E-state index contributed by atoms with van der Waals surface area (Å²) < 4.78 is 16.1. The maximum absolute atomic E-state index is 8.87. The lowest BCUT2D eigenvalue weighted by Gasteiger charge is -2.21. The van der Waals surface area contributed by atoms with Gasteiger partial charge in [0.25, 0.3) is 0 Å². The molecule has 1 aromatic carbocycles. The van der Waals surface area contributed by atoms with Gasteiger partial charge in [-0.2, -0.15) is 0 Å². The third-order valence-corrected chi connectivity index (χ3v) is 2.29. The Morgan fingerprint density at radius 1 is 1.33 bits per heavy atom. The van der Waals surface area contributed by atoms with E-state index in [2.05, 4.69) is 0 Å². The van der Waals surface area contributed by atoms with E-state index in [4.69, 9.17) is 19.3 Å². The van der Waals surface area contributed by atoms with E-state index in [1.54, 1.807) is 7.11 Å². The first-order valence-electron chi connectivity index (χ1n) is 4.92. The lowest BCUT2D eigenvalue weighted by Crippen LogP contribution is -2.16. The molecule has 0 amide bonds. The number of aliphatic hydroxyl groups is 1. The van der Waals surface area contributed by atoms with Gasteiger partial charge in [0, 0.05) is 6.61 Å². The van der Waals surface area contributed by atoms with Gasteiger partial charge >= 0.3 is 0 Å². The topological polar surface area (TPSA) is 47.9 Å². The van der Waals surface area contributed by atoms with Crippen LogP contribution in [-0.2, 0) is 6.42 Å². The van der Waals surface area contributed by atoms with Crippen LogP contribution in [0.1, 0.15) is 5.56 Å². The summed E-state index contributed by atoms with van der Waals surface area (Å²) in [6.45, 7) is 1.21. The predicted molar refractivity (Wildman–Crippen MR) is 54.8 cm³/mol. The molecule has 1 aliphatic rings. The SMILES string of the molecule is COc1cc(CCO)cc2c1OCCO2. The summed E-state index contributed by atoms with van der Waals surface area (Å²) in [4.78, 5) is 0. The number of hydrogen-bond acceptors (Lipinski definition) is 4. The van der Waals surface area contributed by atoms with E-state index in [9.17, 15) is 0 Å². The average Bonchev–Trinajstić information content (AvgIpc) is 2.28. The first kappa shape index (κ1) is 10.1. The quantitative estimate of drug-likeness (QED) is 0.808. The molecule has 4 heteroatoms. The Kier molecular flexibility index (Phi) is 2.97. The zero-order valence-electron chi connectivity index (χ0n) is 8.66. The normalized spacial score (nSPS) is 13.7. The molecule has 4 nitrogen and oxygen atoms in total.